The van der Waals surface area contributed by atoms with Gasteiger partial charge < -0.3 is 4.90 Å². The highest BCUT2D eigenvalue weighted by molar-refractivity contribution is 4.80. The number of hydrogen-bond acceptors (Lipinski definition) is 1. The summed E-state index contributed by atoms with van der Waals surface area (Å²) in [6, 6.07) is 0. The molecule has 0 aromatic rings. The Balaban J connectivity index is 2.41. The lowest BCUT2D eigenvalue weighted by molar-refractivity contribution is 0.111. The van der Waals surface area contributed by atoms with Gasteiger partial charge in [0, 0.05) is 6.54 Å². The predicted octanol–water partition coefficient (Wildman–Crippen LogP) is 3.93. The van der Waals surface area contributed by atoms with Crippen LogP contribution in [0.4, 0.5) is 0 Å². The average molecular weight is 211 g/mol. The van der Waals surface area contributed by atoms with Gasteiger partial charge in [0.1, 0.15) is 0 Å². The molecular weight excluding hydrogens is 182 g/mol. The number of likely N-dealkylation sites (tertiary alicyclic amines) is 1. The maximum atomic E-state index is 2.68. The van der Waals surface area contributed by atoms with Crippen LogP contribution >= 0.6 is 0 Å². The van der Waals surface area contributed by atoms with Gasteiger partial charge in [-0.15, -0.1) is 0 Å². The molecule has 1 fully saturated rings. The van der Waals surface area contributed by atoms with E-state index in [1.54, 1.807) is 0 Å². The largest absolute Gasteiger partial charge is 0.303 e. The Kier molecular flexibility index (Phi) is 5.11. The fourth-order valence-corrected chi connectivity index (χ4v) is 2.70. The highest BCUT2D eigenvalue weighted by Gasteiger charge is 2.28. The van der Waals surface area contributed by atoms with Crippen molar-refractivity contribution >= 4 is 0 Å². The Labute approximate surface area is 96.2 Å². The summed E-state index contributed by atoms with van der Waals surface area (Å²) in [5.74, 6) is 0.839. The third kappa shape index (κ3) is 3.48. The molecule has 1 rings (SSSR count). The van der Waals surface area contributed by atoms with Gasteiger partial charge in [0.2, 0.25) is 0 Å². The molecule has 0 radical (unpaired) electrons. The topological polar surface area (TPSA) is 3.24 Å². The lowest BCUT2D eigenvalue weighted by atomic mass is 9.73. The molecule has 0 aromatic heterocycles. The smallest absolute Gasteiger partial charge is 0.00122 e. The third-order valence-corrected chi connectivity index (χ3v) is 4.79. The predicted molar refractivity (Wildman–Crippen MR) is 68.1 cm³/mol. The van der Waals surface area contributed by atoms with Crippen molar-refractivity contribution in [1.29, 1.82) is 0 Å². The number of piperidine rings is 1. The molecule has 1 atom stereocenters. The average Bonchev–Trinajstić information content (AvgIpc) is 2.29. The Morgan fingerprint density at radius 3 is 2.07 bits per heavy atom. The van der Waals surface area contributed by atoms with Crippen molar-refractivity contribution in [2.45, 2.75) is 59.8 Å². The second-order valence-electron chi connectivity index (χ2n) is 5.62. The van der Waals surface area contributed by atoms with Gasteiger partial charge in [-0.1, -0.05) is 47.0 Å². The number of nitrogens with zero attached hydrogens (tertiary/aromatic N) is 1. The van der Waals surface area contributed by atoms with E-state index in [-0.39, 0.29) is 0 Å². The minimum Gasteiger partial charge on any atom is -0.303 e. The van der Waals surface area contributed by atoms with Gasteiger partial charge in [-0.3, -0.25) is 0 Å². The maximum Gasteiger partial charge on any atom is 0.00122 e. The summed E-state index contributed by atoms with van der Waals surface area (Å²) in [7, 11) is 0. The Hall–Kier alpha value is -0.0400. The highest BCUT2D eigenvalue weighted by atomic mass is 15.1. The molecule has 1 heterocycles. The molecule has 0 N–H and O–H groups in total. The normalized spacial score (nSPS) is 21.6. The number of rotatable bonds is 5. The molecule has 0 aromatic carbocycles. The van der Waals surface area contributed by atoms with Crippen LogP contribution in [0.25, 0.3) is 0 Å². The van der Waals surface area contributed by atoms with Crippen molar-refractivity contribution in [3.63, 3.8) is 0 Å². The minimum atomic E-state index is 0.553. The van der Waals surface area contributed by atoms with Crippen molar-refractivity contribution in [1.82, 2.24) is 4.90 Å². The van der Waals surface area contributed by atoms with Crippen molar-refractivity contribution < 1.29 is 0 Å². The van der Waals surface area contributed by atoms with Gasteiger partial charge >= 0.3 is 0 Å². The first-order chi connectivity index (χ1) is 7.12. The van der Waals surface area contributed by atoms with E-state index in [0.29, 0.717) is 5.41 Å². The molecule has 0 saturated carbocycles. The van der Waals surface area contributed by atoms with Crippen LogP contribution < -0.4 is 0 Å². The molecule has 0 spiro atoms. The SMILES string of the molecule is CCC(C)(CC)C(C)CN1CCCCC1. The molecule has 1 aliphatic rings. The monoisotopic (exact) mass is 211 g/mol. The van der Waals surface area contributed by atoms with E-state index in [2.05, 4.69) is 32.6 Å². The van der Waals surface area contributed by atoms with E-state index in [9.17, 15) is 0 Å². The van der Waals surface area contributed by atoms with Crippen LogP contribution in [0.5, 0.6) is 0 Å². The zero-order valence-electron chi connectivity index (χ0n) is 11.2. The quantitative estimate of drug-likeness (QED) is 0.666. The molecule has 0 aliphatic carbocycles. The standard InChI is InChI=1S/C14H29N/c1-5-14(4,6-2)13(3)12-15-10-8-7-9-11-15/h13H,5-12H2,1-4H3. The van der Waals surface area contributed by atoms with Crippen molar-refractivity contribution in [3.8, 4) is 0 Å². The Morgan fingerprint density at radius 1 is 1.07 bits per heavy atom. The summed E-state index contributed by atoms with van der Waals surface area (Å²) in [4.78, 5) is 2.68. The molecule has 15 heavy (non-hydrogen) atoms. The van der Waals surface area contributed by atoms with Crippen LogP contribution in [0.2, 0.25) is 0 Å². The van der Waals surface area contributed by atoms with E-state index >= 15 is 0 Å². The van der Waals surface area contributed by atoms with E-state index in [4.69, 9.17) is 0 Å². The first-order valence-corrected chi connectivity index (χ1v) is 6.84. The molecule has 90 valence electrons. The lowest BCUT2D eigenvalue weighted by Gasteiger charge is -2.38. The van der Waals surface area contributed by atoms with Crippen molar-refractivity contribution in [3.05, 3.63) is 0 Å². The van der Waals surface area contributed by atoms with Crippen LogP contribution in [-0.2, 0) is 0 Å². The van der Waals surface area contributed by atoms with Gasteiger partial charge in [0.05, 0.1) is 0 Å². The summed E-state index contributed by atoms with van der Waals surface area (Å²) >= 11 is 0. The van der Waals surface area contributed by atoms with Crippen LogP contribution in [0.15, 0.2) is 0 Å². The van der Waals surface area contributed by atoms with Crippen molar-refractivity contribution in [2.24, 2.45) is 11.3 Å². The molecule has 1 heteroatoms. The molecular formula is C14H29N. The molecule has 1 saturated heterocycles. The summed E-state index contributed by atoms with van der Waals surface area (Å²) in [6.45, 7) is 13.6. The second kappa shape index (κ2) is 5.89. The van der Waals surface area contributed by atoms with Gasteiger partial charge in [-0.2, -0.15) is 0 Å². The lowest BCUT2D eigenvalue weighted by Crippen LogP contribution is -2.38. The highest BCUT2D eigenvalue weighted by Crippen LogP contribution is 2.35. The zero-order chi connectivity index (χ0) is 11.3. The second-order valence-corrected chi connectivity index (χ2v) is 5.62. The van der Waals surface area contributed by atoms with E-state index in [0.717, 1.165) is 5.92 Å². The molecule has 1 nitrogen and oxygen atoms in total. The fourth-order valence-electron chi connectivity index (χ4n) is 2.70. The first kappa shape index (κ1) is 13.0. The van der Waals surface area contributed by atoms with Gasteiger partial charge in [-0.05, 0) is 37.3 Å². The minimum absolute atomic E-state index is 0.553. The van der Waals surface area contributed by atoms with E-state index in [1.807, 2.05) is 0 Å². The molecule has 0 bridgehead atoms. The maximum absolute atomic E-state index is 2.68. The zero-order valence-corrected chi connectivity index (χ0v) is 11.2. The first-order valence-electron chi connectivity index (χ1n) is 6.84. The number of hydrogen-bond donors (Lipinski definition) is 0. The Bertz CT molecular complexity index is 166. The van der Waals surface area contributed by atoms with Crippen LogP contribution in [-0.4, -0.2) is 24.5 Å². The van der Waals surface area contributed by atoms with Crippen LogP contribution in [0.3, 0.4) is 0 Å². The summed E-state index contributed by atoms with van der Waals surface area (Å²) < 4.78 is 0. The van der Waals surface area contributed by atoms with Crippen LogP contribution in [0.1, 0.15) is 59.8 Å². The molecule has 1 aliphatic heterocycles. The van der Waals surface area contributed by atoms with Gasteiger partial charge in [-0.25, -0.2) is 0 Å². The van der Waals surface area contributed by atoms with Gasteiger partial charge in [0.25, 0.3) is 0 Å². The Morgan fingerprint density at radius 2 is 1.60 bits per heavy atom. The van der Waals surface area contributed by atoms with E-state index in [1.165, 1.54) is 51.7 Å². The molecule has 0 amide bonds. The van der Waals surface area contributed by atoms with Crippen LogP contribution in [0, 0.1) is 11.3 Å². The summed E-state index contributed by atoms with van der Waals surface area (Å²) in [5, 5.41) is 0. The van der Waals surface area contributed by atoms with Crippen molar-refractivity contribution in [2.75, 3.05) is 19.6 Å². The molecule has 1 unspecified atom stereocenters. The van der Waals surface area contributed by atoms with E-state index < -0.39 is 0 Å². The summed E-state index contributed by atoms with van der Waals surface area (Å²) in [6.07, 6.45) is 6.92. The summed E-state index contributed by atoms with van der Waals surface area (Å²) in [5.41, 5.74) is 0.553. The van der Waals surface area contributed by atoms with Gasteiger partial charge in [0.15, 0.2) is 0 Å². The third-order valence-electron chi connectivity index (χ3n) is 4.79. The fraction of sp³-hybridized carbons (Fsp3) is 1.00.